The molecule has 3 nitrogen and oxygen atoms in total. The molecule has 0 saturated carbocycles. The summed E-state index contributed by atoms with van der Waals surface area (Å²) in [5.74, 6) is 0.165. The van der Waals surface area contributed by atoms with Gasteiger partial charge in [0.05, 0.1) is 12.9 Å². The van der Waals surface area contributed by atoms with Crippen LogP contribution in [-0.4, -0.2) is 28.9 Å². The van der Waals surface area contributed by atoms with Crippen LogP contribution < -0.4 is 0 Å². The maximum Gasteiger partial charge on any atom is 0.353 e. The molecule has 0 atom stereocenters. The number of carbonyl (C=O) groups excluding carboxylic acids is 1. The number of esters is 1. The zero-order chi connectivity index (χ0) is 7.56. The number of methoxy groups -OCH3 is 1. The van der Waals surface area contributed by atoms with Crippen molar-refractivity contribution in [1.82, 2.24) is 0 Å². The molecule has 5 heteroatoms. The first kappa shape index (κ1) is 7.68. The van der Waals surface area contributed by atoms with Gasteiger partial charge in [0.2, 0.25) is 0 Å². The van der Waals surface area contributed by atoms with Crippen molar-refractivity contribution >= 4 is 40.0 Å². The molecule has 0 radical (unpaired) electrons. The van der Waals surface area contributed by atoms with Gasteiger partial charge in [-0.25, -0.2) is 9.79 Å². The van der Waals surface area contributed by atoms with E-state index >= 15 is 0 Å². The Balaban J connectivity index is 2.66. The van der Waals surface area contributed by atoms with E-state index in [1.807, 2.05) is 0 Å². The Hall–Kier alpha value is -0.420. The Bertz CT molecular complexity index is 212. The molecule has 0 aromatic carbocycles. The minimum Gasteiger partial charge on any atom is -0.465 e. The fourth-order valence-electron chi connectivity index (χ4n) is 0.527. The number of ether oxygens (including phenoxy) is 1. The second kappa shape index (κ2) is 3.12. The van der Waals surface area contributed by atoms with Gasteiger partial charge in [-0.15, -0.1) is 0 Å². The van der Waals surface area contributed by atoms with Gasteiger partial charge < -0.3 is 4.74 Å². The van der Waals surface area contributed by atoms with Crippen molar-refractivity contribution < 1.29 is 9.53 Å². The molecule has 0 bridgehead atoms. The van der Waals surface area contributed by atoms with Crippen LogP contribution in [0.3, 0.4) is 0 Å². The number of rotatable bonds is 1. The Labute approximate surface area is 67.8 Å². The predicted octanol–water partition coefficient (Wildman–Crippen LogP) is 0.632. The maximum atomic E-state index is 10.7. The smallest absolute Gasteiger partial charge is 0.353 e. The first-order valence-electron chi connectivity index (χ1n) is 2.56. The van der Waals surface area contributed by atoms with E-state index in [4.69, 9.17) is 12.2 Å². The quantitative estimate of drug-likeness (QED) is 0.433. The van der Waals surface area contributed by atoms with Gasteiger partial charge in [0.1, 0.15) is 5.71 Å². The fraction of sp³-hybridized carbons (Fsp3) is 0.400. The Kier molecular flexibility index (Phi) is 2.39. The SMILES string of the molecule is COC(=O)C1=NC(=S)SC1. The molecule has 0 aromatic heterocycles. The van der Waals surface area contributed by atoms with E-state index in [0.717, 1.165) is 0 Å². The first-order chi connectivity index (χ1) is 4.74. The van der Waals surface area contributed by atoms with E-state index in [1.165, 1.54) is 18.9 Å². The lowest BCUT2D eigenvalue weighted by molar-refractivity contribution is -0.132. The number of aliphatic imine (C=N–C) groups is 1. The second-order valence-electron chi connectivity index (χ2n) is 1.60. The van der Waals surface area contributed by atoms with Gasteiger partial charge in [-0.05, 0) is 0 Å². The van der Waals surface area contributed by atoms with Gasteiger partial charge >= 0.3 is 5.97 Å². The highest BCUT2D eigenvalue weighted by Gasteiger charge is 2.18. The molecule has 0 spiro atoms. The third kappa shape index (κ3) is 1.54. The predicted molar refractivity (Wildman–Crippen MR) is 44.5 cm³/mol. The topological polar surface area (TPSA) is 38.7 Å². The van der Waals surface area contributed by atoms with Gasteiger partial charge in [-0.3, -0.25) is 0 Å². The molecule has 0 aromatic rings. The van der Waals surface area contributed by atoms with E-state index in [1.54, 1.807) is 0 Å². The number of hydrogen-bond donors (Lipinski definition) is 0. The highest BCUT2D eigenvalue weighted by atomic mass is 32.2. The fourth-order valence-corrected chi connectivity index (χ4v) is 1.43. The molecule has 1 aliphatic rings. The van der Waals surface area contributed by atoms with E-state index in [2.05, 4.69) is 9.73 Å². The van der Waals surface area contributed by atoms with E-state index in [9.17, 15) is 4.79 Å². The molecule has 0 aliphatic carbocycles. The van der Waals surface area contributed by atoms with Gasteiger partial charge in [0, 0.05) is 0 Å². The molecule has 0 amide bonds. The summed E-state index contributed by atoms with van der Waals surface area (Å²) < 4.78 is 4.95. The van der Waals surface area contributed by atoms with Gasteiger partial charge in [0.15, 0.2) is 4.32 Å². The number of thioether (sulfide) groups is 1. The number of hydrogen-bond acceptors (Lipinski definition) is 4. The third-order valence-corrected chi connectivity index (χ3v) is 2.18. The van der Waals surface area contributed by atoms with Crippen molar-refractivity contribution in [3.63, 3.8) is 0 Å². The summed E-state index contributed by atoms with van der Waals surface area (Å²) in [5.41, 5.74) is 0.414. The monoisotopic (exact) mass is 175 g/mol. The summed E-state index contributed by atoms with van der Waals surface area (Å²) in [7, 11) is 1.33. The van der Waals surface area contributed by atoms with Crippen molar-refractivity contribution in [1.29, 1.82) is 0 Å². The van der Waals surface area contributed by atoms with Gasteiger partial charge in [0.25, 0.3) is 0 Å². The van der Waals surface area contributed by atoms with Crippen LogP contribution in [0.2, 0.25) is 0 Å². The largest absolute Gasteiger partial charge is 0.465 e. The summed E-state index contributed by atoms with van der Waals surface area (Å²) in [6.45, 7) is 0. The average Bonchev–Trinajstić information content (AvgIpc) is 2.34. The third-order valence-electron chi connectivity index (χ3n) is 0.980. The molecule has 0 fully saturated rings. The molecular weight excluding hydrogens is 170 g/mol. The summed E-state index contributed by atoms with van der Waals surface area (Å²) >= 11 is 6.11. The molecule has 0 N–H and O–H groups in total. The van der Waals surface area contributed by atoms with Crippen molar-refractivity contribution in [2.75, 3.05) is 12.9 Å². The van der Waals surface area contributed by atoms with Crippen LogP contribution in [0.1, 0.15) is 0 Å². The molecular formula is C5H5NO2S2. The standard InChI is InChI=1S/C5H5NO2S2/c1-8-4(7)3-2-10-5(9)6-3/h2H2,1H3. The van der Waals surface area contributed by atoms with Gasteiger partial charge in [-0.1, -0.05) is 24.0 Å². The molecule has 1 rings (SSSR count). The highest BCUT2D eigenvalue weighted by Crippen LogP contribution is 2.14. The van der Waals surface area contributed by atoms with Crippen molar-refractivity contribution in [2.24, 2.45) is 4.99 Å². The summed E-state index contributed by atoms with van der Waals surface area (Å²) in [5, 5.41) is 0. The average molecular weight is 175 g/mol. The molecule has 1 aliphatic heterocycles. The maximum absolute atomic E-state index is 10.7. The zero-order valence-corrected chi connectivity index (χ0v) is 6.92. The minimum atomic E-state index is -0.382. The van der Waals surface area contributed by atoms with Crippen molar-refractivity contribution in [3.05, 3.63) is 0 Å². The molecule has 1 heterocycles. The lowest BCUT2D eigenvalue weighted by Gasteiger charge is -1.92. The highest BCUT2D eigenvalue weighted by molar-refractivity contribution is 8.24. The van der Waals surface area contributed by atoms with Crippen LogP contribution in [0.25, 0.3) is 0 Å². The molecule has 0 saturated heterocycles. The van der Waals surface area contributed by atoms with Crippen LogP contribution in [-0.2, 0) is 9.53 Å². The normalized spacial score (nSPS) is 16.9. The van der Waals surface area contributed by atoms with Crippen LogP contribution in [0.5, 0.6) is 0 Å². The van der Waals surface area contributed by atoms with E-state index < -0.39 is 0 Å². The van der Waals surface area contributed by atoms with Crippen LogP contribution >= 0.6 is 24.0 Å². The number of thiocarbonyl (C=S) groups is 1. The van der Waals surface area contributed by atoms with Crippen LogP contribution in [0, 0.1) is 0 Å². The Morgan fingerprint density at radius 3 is 3.00 bits per heavy atom. The minimum absolute atomic E-state index is 0.382. The number of carbonyl (C=O) groups is 1. The number of nitrogens with zero attached hydrogens (tertiary/aromatic N) is 1. The zero-order valence-electron chi connectivity index (χ0n) is 5.29. The van der Waals surface area contributed by atoms with Crippen LogP contribution in [0.4, 0.5) is 0 Å². The molecule has 54 valence electrons. The van der Waals surface area contributed by atoms with Crippen molar-refractivity contribution in [3.8, 4) is 0 Å². The summed E-state index contributed by atoms with van der Waals surface area (Å²) in [6.07, 6.45) is 0. The Morgan fingerprint density at radius 2 is 2.60 bits per heavy atom. The summed E-state index contributed by atoms with van der Waals surface area (Å²) in [6, 6.07) is 0. The molecule has 10 heavy (non-hydrogen) atoms. The lowest BCUT2D eigenvalue weighted by atomic mass is 10.4. The summed E-state index contributed by atoms with van der Waals surface area (Å²) in [4.78, 5) is 14.5. The lowest BCUT2D eigenvalue weighted by Crippen LogP contribution is -2.15. The second-order valence-corrected chi connectivity index (χ2v) is 3.21. The van der Waals surface area contributed by atoms with Gasteiger partial charge in [-0.2, -0.15) is 0 Å². The van der Waals surface area contributed by atoms with E-state index in [-0.39, 0.29) is 5.97 Å². The van der Waals surface area contributed by atoms with Crippen LogP contribution in [0.15, 0.2) is 4.99 Å². The first-order valence-corrected chi connectivity index (χ1v) is 3.96. The van der Waals surface area contributed by atoms with E-state index in [0.29, 0.717) is 15.8 Å². The Morgan fingerprint density at radius 1 is 1.90 bits per heavy atom. The molecule has 0 unspecified atom stereocenters. The van der Waals surface area contributed by atoms with Crippen molar-refractivity contribution in [2.45, 2.75) is 0 Å².